The molecule has 0 aliphatic carbocycles. The molecule has 0 saturated heterocycles. The second-order valence-electron chi connectivity index (χ2n) is 5.38. The number of rotatable bonds is 7. The highest BCUT2D eigenvalue weighted by molar-refractivity contribution is 7.71. The van der Waals surface area contributed by atoms with Crippen LogP contribution in [0.5, 0.6) is 5.75 Å². The van der Waals surface area contributed by atoms with Crippen molar-refractivity contribution in [3.05, 3.63) is 64.9 Å². The largest absolute Gasteiger partial charge is 0.494 e. The van der Waals surface area contributed by atoms with Gasteiger partial charge in [-0.25, -0.2) is 9.77 Å². The van der Waals surface area contributed by atoms with Crippen molar-refractivity contribution in [2.75, 3.05) is 12.0 Å². The van der Waals surface area contributed by atoms with Gasteiger partial charge >= 0.3 is 0 Å². The van der Waals surface area contributed by atoms with E-state index in [1.807, 2.05) is 54.6 Å². The van der Waals surface area contributed by atoms with Gasteiger partial charge in [-0.05, 0) is 36.3 Å². The summed E-state index contributed by atoms with van der Waals surface area (Å²) >= 11 is 5.32. The van der Waals surface area contributed by atoms with Crippen molar-refractivity contribution in [1.82, 2.24) is 14.9 Å². The molecule has 1 heterocycles. The quantitative estimate of drug-likeness (QED) is 0.635. The van der Waals surface area contributed by atoms with Crippen LogP contribution in [0.3, 0.4) is 0 Å². The molecule has 1 aromatic heterocycles. The van der Waals surface area contributed by atoms with E-state index in [1.54, 1.807) is 4.68 Å². The number of aromatic amines is 1. The molecule has 3 aromatic rings. The summed E-state index contributed by atoms with van der Waals surface area (Å²) in [6, 6.07) is 18.0. The molecule has 0 unspecified atom stereocenters. The zero-order chi connectivity index (χ0) is 16.8. The summed E-state index contributed by atoms with van der Waals surface area (Å²) in [4.78, 5) is 0. The van der Waals surface area contributed by atoms with Crippen LogP contribution in [-0.2, 0) is 6.54 Å². The summed E-state index contributed by atoms with van der Waals surface area (Å²) in [5, 5.41) is 7.15. The second kappa shape index (κ2) is 7.79. The van der Waals surface area contributed by atoms with E-state index >= 15 is 0 Å². The summed E-state index contributed by atoms with van der Waals surface area (Å²) in [5.41, 5.74) is 5.46. The highest BCUT2D eigenvalue weighted by Crippen LogP contribution is 2.16. The zero-order valence-corrected chi connectivity index (χ0v) is 14.3. The van der Waals surface area contributed by atoms with Gasteiger partial charge in [0.25, 0.3) is 0 Å². The van der Waals surface area contributed by atoms with Crippen molar-refractivity contribution in [2.45, 2.75) is 19.9 Å². The van der Waals surface area contributed by atoms with E-state index in [2.05, 4.69) is 22.5 Å². The number of aromatic nitrogens is 3. The molecule has 0 fully saturated rings. The molecule has 0 aliphatic rings. The maximum atomic E-state index is 5.60. The molecule has 0 bridgehead atoms. The minimum Gasteiger partial charge on any atom is -0.494 e. The lowest BCUT2D eigenvalue weighted by Gasteiger charge is -2.11. The predicted octanol–water partition coefficient (Wildman–Crippen LogP) is 4.14. The molecule has 3 rings (SSSR count). The maximum Gasteiger partial charge on any atom is 0.214 e. The van der Waals surface area contributed by atoms with E-state index in [1.165, 1.54) is 0 Å². The third-order valence-corrected chi connectivity index (χ3v) is 3.82. The summed E-state index contributed by atoms with van der Waals surface area (Å²) in [6.07, 6.45) is 1.00. The molecule has 124 valence electrons. The lowest BCUT2D eigenvalue weighted by atomic mass is 10.2. The van der Waals surface area contributed by atoms with Gasteiger partial charge < -0.3 is 10.2 Å². The summed E-state index contributed by atoms with van der Waals surface area (Å²) in [7, 11) is 0. The van der Waals surface area contributed by atoms with Gasteiger partial charge in [0.1, 0.15) is 5.75 Å². The SMILES string of the molecule is CCCOc1ccc(CNn2c(-c3ccccc3)n[nH]c2=S)cc1. The Morgan fingerprint density at radius 3 is 2.58 bits per heavy atom. The van der Waals surface area contributed by atoms with Crippen molar-refractivity contribution < 1.29 is 4.74 Å². The van der Waals surface area contributed by atoms with Crippen molar-refractivity contribution >= 4 is 12.2 Å². The van der Waals surface area contributed by atoms with E-state index in [9.17, 15) is 0 Å². The zero-order valence-electron chi connectivity index (χ0n) is 13.5. The number of benzene rings is 2. The van der Waals surface area contributed by atoms with Gasteiger partial charge in [0.15, 0.2) is 5.82 Å². The average Bonchev–Trinajstić information content (AvgIpc) is 3.00. The fourth-order valence-corrected chi connectivity index (χ4v) is 2.51. The fraction of sp³-hybridized carbons (Fsp3) is 0.222. The third-order valence-electron chi connectivity index (χ3n) is 3.54. The van der Waals surface area contributed by atoms with Crippen LogP contribution < -0.4 is 10.2 Å². The fourth-order valence-electron chi connectivity index (χ4n) is 2.32. The molecule has 0 amide bonds. The first kappa shape index (κ1) is 16.3. The number of hydrogen-bond acceptors (Lipinski definition) is 4. The molecule has 0 radical (unpaired) electrons. The average molecular weight is 340 g/mol. The van der Waals surface area contributed by atoms with Gasteiger partial charge in [-0.1, -0.05) is 49.4 Å². The molecule has 24 heavy (non-hydrogen) atoms. The molecule has 0 spiro atoms. The van der Waals surface area contributed by atoms with E-state index in [-0.39, 0.29) is 0 Å². The van der Waals surface area contributed by atoms with Crippen molar-refractivity contribution in [2.24, 2.45) is 0 Å². The predicted molar refractivity (Wildman–Crippen MR) is 98.1 cm³/mol. The first-order chi connectivity index (χ1) is 11.8. The smallest absolute Gasteiger partial charge is 0.214 e. The van der Waals surface area contributed by atoms with Crippen molar-refractivity contribution in [1.29, 1.82) is 0 Å². The molecule has 2 aromatic carbocycles. The van der Waals surface area contributed by atoms with Crippen LogP contribution in [0, 0.1) is 4.77 Å². The van der Waals surface area contributed by atoms with Gasteiger partial charge in [0.05, 0.1) is 13.2 Å². The van der Waals surface area contributed by atoms with Crippen LogP contribution in [0.1, 0.15) is 18.9 Å². The number of hydrogen-bond donors (Lipinski definition) is 2. The first-order valence-corrected chi connectivity index (χ1v) is 8.37. The van der Waals surface area contributed by atoms with Crippen LogP contribution in [0.25, 0.3) is 11.4 Å². The topological polar surface area (TPSA) is 54.9 Å². The molecule has 0 saturated carbocycles. The number of H-pyrrole nitrogens is 1. The summed E-state index contributed by atoms with van der Waals surface area (Å²) in [6.45, 7) is 3.47. The van der Waals surface area contributed by atoms with Gasteiger partial charge in [-0.15, -0.1) is 0 Å². The molecule has 6 heteroatoms. The minimum absolute atomic E-state index is 0.539. The monoisotopic (exact) mass is 340 g/mol. The Bertz CT molecular complexity index is 824. The van der Waals surface area contributed by atoms with E-state index in [0.29, 0.717) is 11.3 Å². The van der Waals surface area contributed by atoms with Crippen molar-refractivity contribution in [3.8, 4) is 17.1 Å². The van der Waals surface area contributed by atoms with Crippen LogP contribution in [0.2, 0.25) is 0 Å². The van der Waals surface area contributed by atoms with Crippen molar-refractivity contribution in [3.63, 3.8) is 0 Å². The van der Waals surface area contributed by atoms with Gasteiger partial charge in [0.2, 0.25) is 4.77 Å². The van der Waals surface area contributed by atoms with E-state index in [4.69, 9.17) is 17.0 Å². The van der Waals surface area contributed by atoms with Gasteiger partial charge in [-0.2, -0.15) is 5.10 Å². The van der Waals surface area contributed by atoms with Crippen LogP contribution in [0.4, 0.5) is 0 Å². The number of nitrogens with zero attached hydrogens (tertiary/aromatic N) is 2. The number of ether oxygens (including phenoxy) is 1. The van der Waals surface area contributed by atoms with E-state index < -0.39 is 0 Å². The third kappa shape index (κ3) is 3.83. The van der Waals surface area contributed by atoms with Crippen LogP contribution in [-0.4, -0.2) is 21.5 Å². The molecule has 0 atom stereocenters. The normalized spacial score (nSPS) is 10.5. The van der Waals surface area contributed by atoms with Crippen LogP contribution >= 0.6 is 12.2 Å². The standard InChI is InChI=1S/C18H20N4OS/c1-2-12-23-16-10-8-14(9-11-16)13-19-22-17(20-21-18(22)24)15-6-4-3-5-7-15/h3-11,19H,2,12-13H2,1H3,(H,21,24). The Morgan fingerprint density at radius 1 is 1.12 bits per heavy atom. The number of nitrogens with one attached hydrogen (secondary N) is 2. The van der Waals surface area contributed by atoms with Gasteiger partial charge in [-0.3, -0.25) is 0 Å². The summed E-state index contributed by atoms with van der Waals surface area (Å²) in [5.74, 6) is 1.66. The Kier molecular flexibility index (Phi) is 5.28. The molecule has 2 N–H and O–H groups in total. The Labute approximate surface area is 146 Å². The lowest BCUT2D eigenvalue weighted by molar-refractivity contribution is 0.317. The van der Waals surface area contributed by atoms with E-state index in [0.717, 1.165) is 35.7 Å². The van der Waals surface area contributed by atoms with Gasteiger partial charge in [0, 0.05) is 5.56 Å². The Morgan fingerprint density at radius 2 is 1.88 bits per heavy atom. The molecule has 5 nitrogen and oxygen atoms in total. The highest BCUT2D eigenvalue weighted by Gasteiger charge is 2.08. The second-order valence-corrected chi connectivity index (χ2v) is 5.77. The minimum atomic E-state index is 0.539. The first-order valence-electron chi connectivity index (χ1n) is 7.96. The summed E-state index contributed by atoms with van der Waals surface area (Å²) < 4.78 is 7.94. The molecular formula is C18H20N4OS. The van der Waals surface area contributed by atoms with Crippen LogP contribution in [0.15, 0.2) is 54.6 Å². The molecular weight excluding hydrogens is 320 g/mol. The highest BCUT2D eigenvalue weighted by atomic mass is 32.1. The lowest BCUT2D eigenvalue weighted by Crippen LogP contribution is -2.15. The Balaban J connectivity index is 1.71. The maximum absolute atomic E-state index is 5.60. The molecule has 0 aliphatic heterocycles. The Hall–Kier alpha value is -2.60.